The summed E-state index contributed by atoms with van der Waals surface area (Å²) in [4.78, 5) is 14.0. The SMILES string of the molecule is N#CCOc1ccc(/C=C2/NC(=S)N(c3ccccc3Cl)C2=O)cc1. The van der Waals surface area contributed by atoms with E-state index in [0.717, 1.165) is 5.56 Å². The molecule has 0 bridgehead atoms. The number of hydrogen-bond acceptors (Lipinski definition) is 4. The molecule has 3 rings (SSSR count). The number of anilines is 1. The second-order valence-corrected chi connectivity index (χ2v) is 5.89. The largest absolute Gasteiger partial charge is 0.479 e. The molecular weight excluding hydrogens is 358 g/mol. The Morgan fingerprint density at radius 2 is 1.96 bits per heavy atom. The van der Waals surface area contributed by atoms with Crippen molar-refractivity contribution >= 4 is 46.6 Å². The second kappa shape index (κ2) is 7.34. The fourth-order valence-electron chi connectivity index (χ4n) is 2.33. The van der Waals surface area contributed by atoms with E-state index in [1.807, 2.05) is 6.07 Å². The summed E-state index contributed by atoms with van der Waals surface area (Å²) >= 11 is 11.4. The normalized spacial score (nSPS) is 15.2. The van der Waals surface area contributed by atoms with Crippen LogP contribution in [0.15, 0.2) is 54.2 Å². The van der Waals surface area contributed by atoms with Crippen LogP contribution in [0.5, 0.6) is 5.75 Å². The number of halogens is 1. The molecule has 25 heavy (non-hydrogen) atoms. The number of thiocarbonyl (C=S) groups is 1. The molecule has 0 atom stereocenters. The summed E-state index contributed by atoms with van der Waals surface area (Å²) in [6.07, 6.45) is 1.69. The van der Waals surface area contributed by atoms with Crippen LogP contribution in [0.3, 0.4) is 0 Å². The van der Waals surface area contributed by atoms with Crippen LogP contribution < -0.4 is 15.0 Å². The molecule has 0 aromatic heterocycles. The molecule has 2 aromatic carbocycles. The summed E-state index contributed by atoms with van der Waals surface area (Å²) in [5, 5.41) is 12.1. The third kappa shape index (κ3) is 3.63. The number of nitriles is 1. The van der Waals surface area contributed by atoms with Crippen LogP contribution in [-0.4, -0.2) is 17.6 Å². The van der Waals surface area contributed by atoms with Gasteiger partial charge in [-0.2, -0.15) is 5.26 Å². The average molecular weight is 370 g/mol. The Morgan fingerprint density at radius 1 is 1.24 bits per heavy atom. The monoisotopic (exact) mass is 369 g/mol. The topological polar surface area (TPSA) is 65.4 Å². The number of nitrogens with one attached hydrogen (secondary N) is 1. The average Bonchev–Trinajstić information content (AvgIpc) is 2.89. The van der Waals surface area contributed by atoms with E-state index in [4.69, 9.17) is 33.8 Å². The maximum atomic E-state index is 12.7. The number of para-hydroxylation sites is 1. The zero-order valence-corrected chi connectivity index (χ0v) is 14.5. The van der Waals surface area contributed by atoms with Gasteiger partial charge in [0.25, 0.3) is 5.91 Å². The highest BCUT2D eigenvalue weighted by Crippen LogP contribution is 2.29. The first-order valence-electron chi connectivity index (χ1n) is 7.31. The third-order valence-corrected chi connectivity index (χ3v) is 4.07. The Labute approximate surface area is 155 Å². The number of hydrogen-bond donors (Lipinski definition) is 1. The standard InChI is InChI=1S/C18H12ClN3O2S/c19-14-3-1-2-4-16(14)22-17(23)15(21-18(22)25)11-12-5-7-13(8-6-12)24-10-9-20/h1-8,11H,10H2,(H,21,25)/b15-11+. The number of rotatable bonds is 4. The summed E-state index contributed by atoms with van der Waals surface area (Å²) < 4.78 is 5.20. The number of nitrogens with zero attached hydrogens (tertiary/aromatic N) is 2. The molecule has 1 aliphatic rings. The van der Waals surface area contributed by atoms with Gasteiger partial charge in [-0.05, 0) is 48.1 Å². The van der Waals surface area contributed by atoms with Crippen LogP contribution in [0.4, 0.5) is 5.69 Å². The first kappa shape index (κ1) is 17.0. The summed E-state index contributed by atoms with van der Waals surface area (Å²) in [5.41, 5.74) is 1.69. The fourth-order valence-corrected chi connectivity index (χ4v) is 2.84. The Hall–Kier alpha value is -2.88. The van der Waals surface area contributed by atoms with Crippen molar-refractivity contribution in [2.45, 2.75) is 0 Å². The smallest absolute Gasteiger partial charge is 0.281 e. The minimum absolute atomic E-state index is 0.0124. The molecule has 1 heterocycles. The van der Waals surface area contributed by atoms with Crippen molar-refractivity contribution in [2.24, 2.45) is 0 Å². The highest BCUT2D eigenvalue weighted by atomic mass is 35.5. The van der Waals surface area contributed by atoms with Crippen molar-refractivity contribution < 1.29 is 9.53 Å². The van der Waals surface area contributed by atoms with E-state index in [-0.39, 0.29) is 17.6 Å². The lowest BCUT2D eigenvalue weighted by molar-refractivity contribution is -0.113. The molecule has 0 saturated carbocycles. The van der Waals surface area contributed by atoms with Gasteiger partial charge in [-0.15, -0.1) is 0 Å². The van der Waals surface area contributed by atoms with Crippen LogP contribution >= 0.6 is 23.8 Å². The van der Waals surface area contributed by atoms with Gasteiger partial charge >= 0.3 is 0 Å². The minimum Gasteiger partial charge on any atom is -0.479 e. The van der Waals surface area contributed by atoms with Gasteiger partial charge in [-0.3, -0.25) is 9.69 Å². The van der Waals surface area contributed by atoms with Gasteiger partial charge in [-0.25, -0.2) is 0 Å². The summed E-state index contributed by atoms with van der Waals surface area (Å²) in [5.74, 6) is 0.311. The molecule has 0 unspecified atom stereocenters. The van der Waals surface area contributed by atoms with Crippen LogP contribution in [0.2, 0.25) is 5.02 Å². The van der Waals surface area contributed by atoms with Gasteiger partial charge in [0, 0.05) is 0 Å². The molecule has 124 valence electrons. The Kier molecular flexibility index (Phi) is 4.98. The minimum atomic E-state index is -0.275. The first-order valence-corrected chi connectivity index (χ1v) is 8.10. The maximum absolute atomic E-state index is 12.7. The molecule has 1 saturated heterocycles. The van der Waals surface area contributed by atoms with E-state index in [9.17, 15) is 4.79 Å². The second-order valence-electron chi connectivity index (χ2n) is 5.10. The summed E-state index contributed by atoms with van der Waals surface area (Å²) in [7, 11) is 0. The molecule has 0 aliphatic carbocycles. The van der Waals surface area contributed by atoms with Crippen molar-refractivity contribution in [3.8, 4) is 11.8 Å². The molecule has 5 nitrogen and oxygen atoms in total. The van der Waals surface area contributed by atoms with E-state index in [1.165, 1.54) is 4.90 Å². The molecule has 1 amide bonds. The van der Waals surface area contributed by atoms with Gasteiger partial charge < -0.3 is 10.1 Å². The maximum Gasteiger partial charge on any atom is 0.281 e. The van der Waals surface area contributed by atoms with Crippen molar-refractivity contribution in [2.75, 3.05) is 11.5 Å². The predicted molar refractivity (Wildman–Crippen MR) is 100 cm³/mol. The van der Waals surface area contributed by atoms with Crippen molar-refractivity contribution in [1.82, 2.24) is 5.32 Å². The molecule has 0 radical (unpaired) electrons. The zero-order valence-electron chi connectivity index (χ0n) is 12.9. The van der Waals surface area contributed by atoms with E-state index in [2.05, 4.69) is 5.32 Å². The molecular formula is C18H12ClN3O2S. The molecule has 0 spiro atoms. The predicted octanol–water partition coefficient (Wildman–Crippen LogP) is 3.50. The first-order chi connectivity index (χ1) is 12.1. The van der Waals surface area contributed by atoms with Crippen molar-refractivity contribution in [1.29, 1.82) is 5.26 Å². The highest BCUT2D eigenvalue weighted by molar-refractivity contribution is 7.80. The lowest BCUT2D eigenvalue weighted by Crippen LogP contribution is -2.30. The Bertz CT molecular complexity index is 903. The summed E-state index contributed by atoms with van der Waals surface area (Å²) in [6.45, 7) is -0.0124. The van der Waals surface area contributed by atoms with Crippen LogP contribution in [0.1, 0.15) is 5.56 Å². The molecule has 1 N–H and O–H groups in total. The van der Waals surface area contributed by atoms with E-state index >= 15 is 0 Å². The van der Waals surface area contributed by atoms with Gasteiger partial charge in [0.1, 0.15) is 17.5 Å². The van der Waals surface area contributed by atoms with Crippen LogP contribution in [-0.2, 0) is 4.79 Å². The van der Waals surface area contributed by atoms with Crippen LogP contribution in [0, 0.1) is 11.3 Å². The molecule has 7 heteroatoms. The highest BCUT2D eigenvalue weighted by Gasteiger charge is 2.32. The number of ether oxygens (including phenoxy) is 1. The van der Waals surface area contributed by atoms with Crippen LogP contribution in [0.25, 0.3) is 6.08 Å². The number of benzene rings is 2. The molecule has 2 aromatic rings. The lowest BCUT2D eigenvalue weighted by atomic mass is 10.2. The lowest BCUT2D eigenvalue weighted by Gasteiger charge is -2.15. The van der Waals surface area contributed by atoms with Gasteiger partial charge in [0.05, 0.1) is 10.7 Å². The number of amides is 1. The van der Waals surface area contributed by atoms with Gasteiger partial charge in [0.2, 0.25) is 0 Å². The molecule has 1 fully saturated rings. The van der Waals surface area contributed by atoms with E-state index in [0.29, 0.717) is 22.2 Å². The summed E-state index contributed by atoms with van der Waals surface area (Å²) in [6, 6.07) is 16.0. The van der Waals surface area contributed by atoms with E-state index in [1.54, 1.807) is 54.6 Å². The molecule has 1 aliphatic heterocycles. The van der Waals surface area contributed by atoms with Gasteiger partial charge in [-0.1, -0.05) is 35.9 Å². The Balaban J connectivity index is 1.83. The quantitative estimate of drug-likeness (QED) is 0.660. The number of carbonyl (C=O) groups excluding carboxylic acids is 1. The Morgan fingerprint density at radius 3 is 2.64 bits per heavy atom. The van der Waals surface area contributed by atoms with Crippen molar-refractivity contribution in [3.63, 3.8) is 0 Å². The third-order valence-electron chi connectivity index (χ3n) is 3.47. The zero-order chi connectivity index (χ0) is 17.8. The van der Waals surface area contributed by atoms with E-state index < -0.39 is 0 Å². The van der Waals surface area contributed by atoms with Gasteiger partial charge in [0.15, 0.2) is 11.7 Å². The number of carbonyl (C=O) groups is 1. The van der Waals surface area contributed by atoms with Crippen molar-refractivity contribution in [3.05, 3.63) is 64.8 Å². The fraction of sp³-hybridized carbons (Fsp3) is 0.0556.